The Morgan fingerprint density at radius 2 is 1.89 bits per heavy atom. The van der Waals surface area contributed by atoms with Crippen molar-refractivity contribution in [3.63, 3.8) is 0 Å². The minimum Gasteiger partial charge on any atom is -0.323 e. The number of aryl methyl sites for hydroxylation is 2. The molecule has 1 aromatic heterocycles. The average Bonchev–Trinajstić information content (AvgIpc) is 2.66. The molecule has 6 nitrogen and oxygen atoms in total. The second kappa shape index (κ2) is 8.36. The fourth-order valence-electron chi connectivity index (χ4n) is 3.26. The summed E-state index contributed by atoms with van der Waals surface area (Å²) >= 11 is 0. The Balaban J connectivity index is 1.78. The maximum Gasteiger partial charge on any atom is 0.244 e. The Bertz CT molecular complexity index is 976. The van der Waals surface area contributed by atoms with Gasteiger partial charge in [-0.05, 0) is 55.4 Å². The number of halogens is 1. The van der Waals surface area contributed by atoms with Gasteiger partial charge in [-0.2, -0.15) is 4.72 Å². The van der Waals surface area contributed by atoms with Crippen LogP contribution in [0, 0.1) is 11.7 Å². The zero-order chi connectivity index (χ0) is 20.3. The Labute approximate surface area is 164 Å². The number of carbonyl (C=O) groups is 1. The smallest absolute Gasteiger partial charge is 0.244 e. The second-order valence-corrected chi connectivity index (χ2v) is 8.98. The molecule has 1 aromatic carbocycles. The number of rotatable bonds is 6. The number of nitrogens with zero attached hydrogens (tertiary/aromatic N) is 1. The van der Waals surface area contributed by atoms with Crippen molar-refractivity contribution < 1.29 is 17.6 Å². The molecule has 8 heteroatoms. The molecular formula is C20H24FN3O3S. The third kappa shape index (κ3) is 4.56. The van der Waals surface area contributed by atoms with E-state index in [1.165, 1.54) is 18.2 Å². The van der Waals surface area contributed by atoms with E-state index in [4.69, 9.17) is 0 Å². The SMILES string of the molecule is CC(C)[C@H](NS(=O)(=O)c1ccccc1F)C(=O)Nc1cnc2c(c1)CCCC2. The summed E-state index contributed by atoms with van der Waals surface area (Å²) in [5.41, 5.74) is 2.68. The van der Waals surface area contributed by atoms with Gasteiger partial charge in [-0.25, -0.2) is 12.8 Å². The summed E-state index contributed by atoms with van der Waals surface area (Å²) in [6, 6.07) is 5.91. The summed E-state index contributed by atoms with van der Waals surface area (Å²) in [6.45, 7) is 3.44. The van der Waals surface area contributed by atoms with E-state index in [1.807, 2.05) is 6.07 Å². The van der Waals surface area contributed by atoms with Crippen molar-refractivity contribution in [3.8, 4) is 0 Å². The van der Waals surface area contributed by atoms with Crippen LogP contribution in [0.4, 0.5) is 10.1 Å². The number of aromatic nitrogens is 1. The van der Waals surface area contributed by atoms with Crippen molar-refractivity contribution in [2.45, 2.75) is 50.5 Å². The van der Waals surface area contributed by atoms with Gasteiger partial charge in [-0.1, -0.05) is 26.0 Å². The number of fused-ring (bicyclic) bond motifs is 1. The molecule has 0 spiro atoms. The van der Waals surface area contributed by atoms with E-state index in [-0.39, 0.29) is 5.92 Å². The lowest BCUT2D eigenvalue weighted by Crippen LogP contribution is -2.47. The summed E-state index contributed by atoms with van der Waals surface area (Å²) in [4.78, 5) is 16.7. The predicted octanol–water partition coefficient (Wildman–Crippen LogP) is 3.04. The van der Waals surface area contributed by atoms with Crippen molar-refractivity contribution >= 4 is 21.6 Å². The van der Waals surface area contributed by atoms with Crippen LogP contribution in [0.3, 0.4) is 0 Å². The number of hydrogen-bond acceptors (Lipinski definition) is 4. The van der Waals surface area contributed by atoms with Gasteiger partial charge in [0, 0.05) is 5.69 Å². The highest BCUT2D eigenvalue weighted by Crippen LogP contribution is 2.22. The Morgan fingerprint density at radius 1 is 1.18 bits per heavy atom. The van der Waals surface area contributed by atoms with Crippen LogP contribution in [-0.2, 0) is 27.7 Å². The molecule has 0 aliphatic heterocycles. The van der Waals surface area contributed by atoms with Crippen LogP contribution in [-0.4, -0.2) is 25.4 Å². The van der Waals surface area contributed by atoms with Gasteiger partial charge in [0.1, 0.15) is 16.8 Å². The van der Waals surface area contributed by atoms with Crippen molar-refractivity contribution in [2.75, 3.05) is 5.32 Å². The van der Waals surface area contributed by atoms with Gasteiger partial charge in [0.2, 0.25) is 15.9 Å². The Morgan fingerprint density at radius 3 is 2.61 bits per heavy atom. The number of amides is 1. The molecule has 150 valence electrons. The van der Waals surface area contributed by atoms with E-state index in [2.05, 4.69) is 15.0 Å². The standard InChI is InChI=1S/C20H24FN3O3S/c1-13(2)19(24-28(26,27)18-10-6-4-8-16(18)21)20(25)23-15-11-14-7-3-5-9-17(14)22-12-15/h4,6,8,10-13,19,24H,3,5,7,9H2,1-2H3,(H,23,25)/t19-/m0/s1. The van der Waals surface area contributed by atoms with Gasteiger partial charge >= 0.3 is 0 Å². The number of sulfonamides is 1. The number of anilines is 1. The minimum absolute atomic E-state index is 0.341. The fraction of sp³-hybridized carbons (Fsp3) is 0.400. The molecule has 28 heavy (non-hydrogen) atoms. The van der Waals surface area contributed by atoms with E-state index < -0.39 is 32.7 Å². The first-order chi connectivity index (χ1) is 13.3. The highest BCUT2D eigenvalue weighted by molar-refractivity contribution is 7.89. The third-order valence-electron chi connectivity index (χ3n) is 4.79. The molecule has 0 bridgehead atoms. The molecule has 0 fully saturated rings. The molecule has 0 saturated heterocycles. The molecule has 2 aromatic rings. The van der Waals surface area contributed by atoms with Crippen LogP contribution in [0.1, 0.15) is 37.9 Å². The van der Waals surface area contributed by atoms with Crippen LogP contribution in [0.25, 0.3) is 0 Å². The Hall–Kier alpha value is -2.32. The van der Waals surface area contributed by atoms with E-state index >= 15 is 0 Å². The van der Waals surface area contributed by atoms with Crippen LogP contribution in [0.2, 0.25) is 0 Å². The van der Waals surface area contributed by atoms with Crippen molar-refractivity contribution in [3.05, 3.63) is 53.6 Å². The zero-order valence-corrected chi connectivity index (χ0v) is 16.7. The third-order valence-corrected chi connectivity index (χ3v) is 6.27. The lowest BCUT2D eigenvalue weighted by molar-refractivity contribution is -0.118. The van der Waals surface area contributed by atoms with Gasteiger partial charge in [0.25, 0.3) is 0 Å². The van der Waals surface area contributed by atoms with E-state index in [1.54, 1.807) is 20.0 Å². The summed E-state index contributed by atoms with van der Waals surface area (Å²) in [6.07, 6.45) is 5.63. The predicted molar refractivity (Wildman–Crippen MR) is 105 cm³/mol. The number of hydrogen-bond donors (Lipinski definition) is 2. The van der Waals surface area contributed by atoms with Crippen molar-refractivity contribution in [2.24, 2.45) is 5.92 Å². The fourth-order valence-corrected chi connectivity index (χ4v) is 4.69. The normalized spacial score (nSPS) is 15.1. The topological polar surface area (TPSA) is 88.2 Å². The quantitative estimate of drug-likeness (QED) is 0.773. The Kier molecular flexibility index (Phi) is 6.10. The maximum atomic E-state index is 13.9. The van der Waals surface area contributed by atoms with E-state index in [0.29, 0.717) is 5.69 Å². The maximum absolute atomic E-state index is 13.9. The summed E-state index contributed by atoms with van der Waals surface area (Å²) in [5.74, 6) is -1.71. The number of nitrogens with one attached hydrogen (secondary N) is 2. The van der Waals surface area contributed by atoms with Crippen LogP contribution < -0.4 is 10.0 Å². The summed E-state index contributed by atoms with van der Waals surface area (Å²) in [5, 5.41) is 2.74. The van der Waals surface area contributed by atoms with Crippen LogP contribution >= 0.6 is 0 Å². The summed E-state index contributed by atoms with van der Waals surface area (Å²) < 4.78 is 41.4. The van der Waals surface area contributed by atoms with Crippen molar-refractivity contribution in [1.29, 1.82) is 0 Å². The number of pyridine rings is 1. The van der Waals surface area contributed by atoms with Crippen LogP contribution in [0.5, 0.6) is 0 Å². The van der Waals surface area contributed by atoms with Crippen LogP contribution in [0.15, 0.2) is 41.4 Å². The molecule has 0 unspecified atom stereocenters. The van der Waals surface area contributed by atoms with Gasteiger partial charge in [0.05, 0.1) is 11.9 Å². The molecule has 1 heterocycles. The first kappa shape index (κ1) is 20.4. The largest absolute Gasteiger partial charge is 0.323 e. The highest BCUT2D eigenvalue weighted by atomic mass is 32.2. The molecule has 1 atom stereocenters. The van der Waals surface area contributed by atoms with Gasteiger partial charge in [-0.15, -0.1) is 0 Å². The number of carbonyl (C=O) groups excluding carboxylic acids is 1. The molecule has 1 aliphatic rings. The molecule has 0 saturated carbocycles. The molecule has 0 radical (unpaired) electrons. The highest BCUT2D eigenvalue weighted by Gasteiger charge is 2.30. The van der Waals surface area contributed by atoms with E-state index in [0.717, 1.165) is 43.0 Å². The molecule has 3 rings (SSSR count). The molecule has 1 amide bonds. The molecular weight excluding hydrogens is 381 g/mol. The van der Waals surface area contributed by atoms with Gasteiger partial charge in [-0.3, -0.25) is 9.78 Å². The zero-order valence-electron chi connectivity index (χ0n) is 15.9. The molecule has 2 N–H and O–H groups in total. The lowest BCUT2D eigenvalue weighted by atomic mass is 9.96. The summed E-state index contributed by atoms with van der Waals surface area (Å²) in [7, 11) is -4.19. The second-order valence-electron chi connectivity index (χ2n) is 7.30. The van der Waals surface area contributed by atoms with Crippen molar-refractivity contribution in [1.82, 2.24) is 9.71 Å². The lowest BCUT2D eigenvalue weighted by Gasteiger charge is -2.22. The molecule has 1 aliphatic carbocycles. The minimum atomic E-state index is -4.19. The average molecular weight is 405 g/mol. The first-order valence-corrected chi connectivity index (χ1v) is 10.8. The number of benzene rings is 1. The van der Waals surface area contributed by atoms with Gasteiger partial charge in [0.15, 0.2) is 0 Å². The first-order valence-electron chi connectivity index (χ1n) is 9.33. The monoisotopic (exact) mass is 405 g/mol. The van der Waals surface area contributed by atoms with E-state index in [9.17, 15) is 17.6 Å². The van der Waals surface area contributed by atoms with Gasteiger partial charge < -0.3 is 5.32 Å².